The SMILES string of the molecule is COc1ccc(C(N)CC(F)(F)F)cc1F. The molecule has 6 heteroatoms. The van der Waals surface area contributed by atoms with Gasteiger partial charge in [-0.15, -0.1) is 0 Å². The number of rotatable bonds is 3. The number of benzene rings is 1. The van der Waals surface area contributed by atoms with Crippen LogP contribution in [-0.2, 0) is 0 Å². The minimum atomic E-state index is -4.37. The summed E-state index contributed by atoms with van der Waals surface area (Å²) in [7, 11) is 1.27. The van der Waals surface area contributed by atoms with E-state index in [4.69, 9.17) is 5.73 Å². The van der Waals surface area contributed by atoms with E-state index in [0.717, 1.165) is 6.07 Å². The molecule has 0 aliphatic heterocycles. The quantitative estimate of drug-likeness (QED) is 0.820. The Balaban J connectivity index is 2.85. The Bertz CT molecular complexity index is 364. The molecule has 0 saturated carbocycles. The molecule has 0 heterocycles. The molecule has 0 spiro atoms. The summed E-state index contributed by atoms with van der Waals surface area (Å²) in [6.07, 6.45) is -5.55. The number of halogens is 4. The molecule has 0 saturated heterocycles. The molecule has 1 rings (SSSR count). The number of hydrogen-bond donors (Lipinski definition) is 1. The third kappa shape index (κ3) is 3.37. The molecule has 0 radical (unpaired) electrons. The van der Waals surface area contributed by atoms with Gasteiger partial charge in [-0.3, -0.25) is 0 Å². The van der Waals surface area contributed by atoms with Gasteiger partial charge >= 0.3 is 6.18 Å². The Kier molecular flexibility index (Phi) is 3.74. The fourth-order valence-electron chi connectivity index (χ4n) is 1.28. The first-order valence-corrected chi connectivity index (χ1v) is 4.49. The summed E-state index contributed by atoms with van der Waals surface area (Å²) in [5, 5.41) is 0. The van der Waals surface area contributed by atoms with E-state index < -0.39 is 24.5 Å². The van der Waals surface area contributed by atoms with Crippen LogP contribution in [0.15, 0.2) is 18.2 Å². The van der Waals surface area contributed by atoms with Gasteiger partial charge in [-0.25, -0.2) is 4.39 Å². The number of ether oxygens (including phenoxy) is 1. The molecule has 1 atom stereocenters. The molecular formula is C10H11F4NO. The van der Waals surface area contributed by atoms with Crippen LogP contribution in [0.2, 0.25) is 0 Å². The lowest BCUT2D eigenvalue weighted by molar-refractivity contribution is -0.138. The summed E-state index contributed by atoms with van der Waals surface area (Å²) in [6.45, 7) is 0. The minimum Gasteiger partial charge on any atom is -0.494 e. The van der Waals surface area contributed by atoms with E-state index in [1.54, 1.807) is 0 Å². The highest BCUT2D eigenvalue weighted by Crippen LogP contribution is 2.29. The summed E-state index contributed by atoms with van der Waals surface area (Å²) in [6, 6.07) is 2.26. The van der Waals surface area contributed by atoms with Crippen LogP contribution in [0.1, 0.15) is 18.0 Å². The zero-order chi connectivity index (χ0) is 12.3. The summed E-state index contributed by atoms with van der Waals surface area (Å²) in [4.78, 5) is 0. The van der Waals surface area contributed by atoms with Crippen molar-refractivity contribution in [2.24, 2.45) is 5.73 Å². The molecule has 90 valence electrons. The summed E-state index contributed by atoms with van der Waals surface area (Å²) < 4.78 is 53.9. The maximum absolute atomic E-state index is 13.2. The van der Waals surface area contributed by atoms with Gasteiger partial charge in [0.25, 0.3) is 0 Å². The lowest BCUT2D eigenvalue weighted by atomic mass is 10.0. The van der Waals surface area contributed by atoms with E-state index in [2.05, 4.69) is 4.74 Å². The fourth-order valence-corrected chi connectivity index (χ4v) is 1.28. The van der Waals surface area contributed by atoms with E-state index in [0.29, 0.717) is 0 Å². The van der Waals surface area contributed by atoms with E-state index in [1.807, 2.05) is 0 Å². The van der Waals surface area contributed by atoms with Crippen molar-refractivity contribution >= 4 is 0 Å². The third-order valence-corrected chi connectivity index (χ3v) is 2.06. The Labute approximate surface area is 90.0 Å². The molecule has 0 amide bonds. The van der Waals surface area contributed by atoms with E-state index in [9.17, 15) is 17.6 Å². The molecule has 0 aliphatic rings. The third-order valence-electron chi connectivity index (χ3n) is 2.06. The summed E-state index contributed by atoms with van der Waals surface area (Å²) >= 11 is 0. The highest BCUT2D eigenvalue weighted by molar-refractivity contribution is 5.30. The monoisotopic (exact) mass is 237 g/mol. The van der Waals surface area contributed by atoms with Crippen LogP contribution in [0.4, 0.5) is 17.6 Å². The number of methoxy groups -OCH3 is 1. The van der Waals surface area contributed by atoms with Gasteiger partial charge in [0, 0.05) is 6.04 Å². The average molecular weight is 237 g/mol. The highest BCUT2D eigenvalue weighted by Gasteiger charge is 2.31. The molecule has 1 aromatic rings. The maximum Gasteiger partial charge on any atom is 0.390 e. The van der Waals surface area contributed by atoms with Crippen LogP contribution in [-0.4, -0.2) is 13.3 Å². The summed E-state index contributed by atoms with van der Waals surface area (Å²) in [5.74, 6) is -0.749. The second kappa shape index (κ2) is 4.69. The standard InChI is InChI=1S/C10H11F4NO/c1-16-9-3-2-6(4-7(9)11)8(15)5-10(12,13)14/h2-4,8H,5,15H2,1H3. The van der Waals surface area contributed by atoms with Crippen molar-refractivity contribution in [1.29, 1.82) is 0 Å². The maximum atomic E-state index is 13.2. The lowest BCUT2D eigenvalue weighted by Crippen LogP contribution is -2.20. The summed E-state index contributed by atoms with van der Waals surface area (Å²) in [5.41, 5.74) is 5.41. The molecule has 0 aliphatic carbocycles. The van der Waals surface area contributed by atoms with Crippen LogP contribution < -0.4 is 10.5 Å². The lowest BCUT2D eigenvalue weighted by Gasteiger charge is -2.15. The van der Waals surface area contributed by atoms with Crippen molar-refractivity contribution in [1.82, 2.24) is 0 Å². The van der Waals surface area contributed by atoms with Gasteiger partial charge in [-0.2, -0.15) is 13.2 Å². The first-order valence-electron chi connectivity index (χ1n) is 4.49. The predicted octanol–water partition coefficient (Wildman–Crippen LogP) is 2.79. The molecular weight excluding hydrogens is 226 g/mol. The van der Waals surface area contributed by atoms with Crippen molar-refractivity contribution in [3.05, 3.63) is 29.6 Å². The van der Waals surface area contributed by atoms with Gasteiger partial charge in [0.1, 0.15) is 0 Å². The molecule has 0 bridgehead atoms. The van der Waals surface area contributed by atoms with Gasteiger partial charge in [-0.05, 0) is 17.7 Å². The van der Waals surface area contributed by atoms with Gasteiger partial charge in [0.2, 0.25) is 0 Å². The van der Waals surface area contributed by atoms with Crippen LogP contribution >= 0.6 is 0 Å². The van der Waals surface area contributed by atoms with E-state index >= 15 is 0 Å². The zero-order valence-corrected chi connectivity index (χ0v) is 8.51. The zero-order valence-electron chi connectivity index (χ0n) is 8.51. The van der Waals surface area contributed by atoms with E-state index in [1.165, 1.54) is 19.2 Å². The smallest absolute Gasteiger partial charge is 0.390 e. The molecule has 2 nitrogen and oxygen atoms in total. The van der Waals surface area contributed by atoms with Gasteiger partial charge < -0.3 is 10.5 Å². The Morgan fingerprint density at radius 1 is 1.38 bits per heavy atom. The van der Waals surface area contributed by atoms with Crippen molar-refractivity contribution in [2.75, 3.05) is 7.11 Å². The van der Waals surface area contributed by atoms with Crippen LogP contribution in [0, 0.1) is 5.82 Å². The topological polar surface area (TPSA) is 35.2 Å². The highest BCUT2D eigenvalue weighted by atomic mass is 19.4. The minimum absolute atomic E-state index is 0.0250. The first-order chi connectivity index (χ1) is 7.33. The number of hydrogen-bond acceptors (Lipinski definition) is 2. The molecule has 0 fully saturated rings. The van der Waals surface area contributed by atoms with Crippen molar-refractivity contribution in [2.45, 2.75) is 18.6 Å². The van der Waals surface area contributed by atoms with Gasteiger partial charge in [-0.1, -0.05) is 6.07 Å². The van der Waals surface area contributed by atoms with E-state index in [-0.39, 0.29) is 11.3 Å². The van der Waals surface area contributed by atoms with Crippen molar-refractivity contribution in [3.63, 3.8) is 0 Å². The Morgan fingerprint density at radius 3 is 2.44 bits per heavy atom. The van der Waals surface area contributed by atoms with Crippen molar-refractivity contribution < 1.29 is 22.3 Å². The van der Waals surface area contributed by atoms with Gasteiger partial charge in [0.05, 0.1) is 13.5 Å². The molecule has 0 aromatic heterocycles. The first kappa shape index (κ1) is 12.8. The van der Waals surface area contributed by atoms with Gasteiger partial charge in [0.15, 0.2) is 11.6 Å². The predicted molar refractivity (Wildman–Crippen MR) is 50.6 cm³/mol. The number of alkyl halides is 3. The second-order valence-corrected chi connectivity index (χ2v) is 3.32. The Hall–Kier alpha value is -1.30. The second-order valence-electron chi connectivity index (χ2n) is 3.32. The fraction of sp³-hybridized carbons (Fsp3) is 0.400. The number of nitrogens with two attached hydrogens (primary N) is 1. The van der Waals surface area contributed by atoms with Crippen LogP contribution in [0.5, 0.6) is 5.75 Å². The molecule has 16 heavy (non-hydrogen) atoms. The average Bonchev–Trinajstić information content (AvgIpc) is 2.15. The van der Waals surface area contributed by atoms with Crippen LogP contribution in [0.25, 0.3) is 0 Å². The van der Waals surface area contributed by atoms with Crippen molar-refractivity contribution in [3.8, 4) is 5.75 Å². The molecule has 1 unspecified atom stereocenters. The Morgan fingerprint density at radius 2 is 2.00 bits per heavy atom. The molecule has 1 aromatic carbocycles. The van der Waals surface area contributed by atoms with Crippen LogP contribution in [0.3, 0.4) is 0 Å². The normalized spacial score (nSPS) is 13.6. The molecule has 2 N–H and O–H groups in total. The largest absolute Gasteiger partial charge is 0.494 e.